The third-order valence-electron chi connectivity index (χ3n) is 12.4. The van der Waals surface area contributed by atoms with Crippen molar-refractivity contribution in [1.82, 2.24) is 0 Å². The number of benzene rings is 4. The van der Waals surface area contributed by atoms with Crippen molar-refractivity contribution < 1.29 is 34.6 Å². The predicted molar refractivity (Wildman–Crippen MR) is 258 cm³/mol. The lowest BCUT2D eigenvalue weighted by Crippen LogP contribution is -2.68. The van der Waals surface area contributed by atoms with Gasteiger partial charge in [0.15, 0.2) is 0 Å². The quantitative estimate of drug-likeness (QED) is 0.0291. The van der Waals surface area contributed by atoms with E-state index in [1.165, 1.54) is 26.8 Å². The molecule has 11 heteroatoms. The fraction of sp³-hybridized carbons (Fsp3) is 0.423. The highest BCUT2D eigenvalue weighted by Crippen LogP contribution is 2.41. The highest BCUT2D eigenvalue weighted by atomic mass is 32.2. The summed E-state index contributed by atoms with van der Waals surface area (Å²) in [4.78, 5) is 0. The maximum atomic E-state index is 13.2. The average molecular weight is 917 g/mol. The smallest absolute Gasteiger partial charge is 0.407 e. The van der Waals surface area contributed by atoms with Gasteiger partial charge in [0, 0.05) is 12.7 Å². The predicted octanol–water partition coefficient (Wildman–Crippen LogP) is 11.9. The average Bonchev–Trinajstić information content (AvgIpc) is 3.24. The number of allylic oxidation sites excluding steroid dienone is 5. The zero-order valence-corrected chi connectivity index (χ0v) is 41.2. The molecule has 0 aliphatic heterocycles. The Morgan fingerprint density at radius 1 is 0.714 bits per heavy atom. The van der Waals surface area contributed by atoms with Crippen molar-refractivity contribution in [2.45, 2.75) is 128 Å². The summed E-state index contributed by atoms with van der Waals surface area (Å²) in [6.45, 7) is 18.8. The second kappa shape index (κ2) is 21.3. The molecule has 0 saturated heterocycles. The first-order valence-corrected chi connectivity index (χ1v) is 27.5. The summed E-state index contributed by atoms with van der Waals surface area (Å²) in [6.07, 6.45) is 10.3. The third kappa shape index (κ3) is 12.0. The van der Waals surface area contributed by atoms with Crippen molar-refractivity contribution in [2.75, 3.05) is 6.61 Å². The van der Waals surface area contributed by atoms with Crippen LogP contribution in [0.3, 0.4) is 0 Å². The Morgan fingerprint density at radius 3 is 1.62 bits per heavy atom. The van der Waals surface area contributed by atoms with Gasteiger partial charge in [-0.25, -0.2) is 0 Å². The first-order valence-electron chi connectivity index (χ1n) is 22.3. The molecule has 0 fully saturated rings. The van der Waals surface area contributed by atoms with Gasteiger partial charge in [0.1, 0.15) is 5.76 Å². The highest BCUT2D eigenvalue weighted by molar-refractivity contribution is 7.87. The molecule has 0 saturated carbocycles. The molecule has 2 atom stereocenters. The molecule has 0 amide bonds. The zero-order valence-electron chi connectivity index (χ0n) is 38.4. The number of rotatable bonds is 20. The van der Waals surface area contributed by atoms with Crippen LogP contribution in [0.1, 0.15) is 107 Å². The molecule has 0 aromatic heterocycles. The molecule has 0 radical (unpaired) electrons. The van der Waals surface area contributed by atoms with Gasteiger partial charge in [-0.2, -0.15) is 21.6 Å². The zero-order chi connectivity index (χ0) is 45.9. The van der Waals surface area contributed by atoms with Crippen LogP contribution < -0.4 is 20.7 Å². The van der Waals surface area contributed by atoms with Crippen LogP contribution in [0, 0.1) is 5.92 Å². The van der Waals surface area contributed by atoms with E-state index in [2.05, 4.69) is 187 Å². The van der Waals surface area contributed by atoms with Gasteiger partial charge in [0.2, 0.25) is 0 Å². The minimum Gasteiger partial charge on any atom is -0.407 e. The van der Waals surface area contributed by atoms with Crippen LogP contribution in [0.5, 0.6) is 0 Å². The summed E-state index contributed by atoms with van der Waals surface area (Å²) in [5.41, 5.74) is -3.78. The van der Waals surface area contributed by atoms with Crippen LogP contribution in [0.2, 0.25) is 10.1 Å². The van der Waals surface area contributed by atoms with E-state index < -0.39 is 32.3 Å². The van der Waals surface area contributed by atoms with Crippen molar-refractivity contribution in [3.63, 3.8) is 0 Å². The first-order chi connectivity index (χ1) is 29.7. The van der Waals surface area contributed by atoms with Gasteiger partial charge >= 0.3 is 15.6 Å². The lowest BCUT2D eigenvalue weighted by Gasteiger charge is -2.46. The van der Waals surface area contributed by atoms with Gasteiger partial charge in [0.25, 0.3) is 16.6 Å². The fourth-order valence-electron chi connectivity index (χ4n) is 9.11. The lowest BCUT2D eigenvalue weighted by molar-refractivity contribution is -0.0520. The number of hydrogen-bond donors (Lipinski definition) is 0. The summed E-state index contributed by atoms with van der Waals surface area (Å²) in [6, 6.07) is 42.9. The van der Waals surface area contributed by atoms with Crippen LogP contribution in [0.25, 0.3) is 0 Å². The minimum absolute atomic E-state index is 0.105. The number of alkyl halides is 3. The first kappa shape index (κ1) is 50.0. The van der Waals surface area contributed by atoms with Crippen LogP contribution in [0.15, 0.2) is 156 Å². The second-order valence-electron chi connectivity index (χ2n) is 19.0. The van der Waals surface area contributed by atoms with E-state index in [4.69, 9.17) is 8.85 Å². The molecule has 63 heavy (non-hydrogen) atoms. The van der Waals surface area contributed by atoms with Gasteiger partial charge in [-0.3, -0.25) is 0 Å². The van der Waals surface area contributed by atoms with Gasteiger partial charge < -0.3 is 13.0 Å². The van der Waals surface area contributed by atoms with E-state index in [0.29, 0.717) is 37.9 Å². The van der Waals surface area contributed by atoms with E-state index in [9.17, 15) is 21.6 Å². The number of halogens is 3. The maximum Gasteiger partial charge on any atom is 0.534 e. The van der Waals surface area contributed by atoms with Gasteiger partial charge in [-0.15, -0.1) is 0 Å². The highest BCUT2D eigenvalue weighted by Gasteiger charge is 2.53. The van der Waals surface area contributed by atoms with E-state index in [-0.39, 0.29) is 27.9 Å². The molecular formula is C52H67F3O5SSi2. The Kier molecular flexibility index (Phi) is 16.9. The normalized spacial score (nSPS) is 15.6. The Balaban J connectivity index is 1.42. The maximum absolute atomic E-state index is 13.2. The molecule has 340 valence electrons. The summed E-state index contributed by atoms with van der Waals surface area (Å²) in [7, 11) is -11.4. The van der Waals surface area contributed by atoms with Crippen molar-refractivity contribution in [2.24, 2.45) is 5.92 Å². The van der Waals surface area contributed by atoms with Gasteiger partial charge in [-0.1, -0.05) is 188 Å². The Bertz CT molecular complexity index is 2170. The van der Waals surface area contributed by atoms with Gasteiger partial charge in [0.05, 0.1) is 0 Å². The van der Waals surface area contributed by atoms with Crippen LogP contribution >= 0.6 is 0 Å². The Hall–Kier alpha value is -4.01. The third-order valence-corrected chi connectivity index (χ3v) is 23.5. The Labute approximate surface area is 377 Å². The second-order valence-corrected chi connectivity index (χ2v) is 29.1. The van der Waals surface area contributed by atoms with Crippen LogP contribution in [-0.4, -0.2) is 43.3 Å². The molecule has 0 bridgehead atoms. The molecular weight excluding hydrogens is 850 g/mol. The molecule has 5 rings (SSSR count). The summed E-state index contributed by atoms with van der Waals surface area (Å²) in [5, 5.41) is 4.63. The molecule has 0 spiro atoms. The summed E-state index contributed by atoms with van der Waals surface area (Å²) >= 11 is 0. The minimum atomic E-state index is -5.75. The van der Waals surface area contributed by atoms with Crippen molar-refractivity contribution in [3.05, 3.63) is 156 Å². The molecule has 1 aliphatic carbocycles. The molecule has 1 aliphatic rings. The number of hydrogen-bond acceptors (Lipinski definition) is 5. The molecule has 2 unspecified atom stereocenters. The standard InChI is InChI=1S/C52H67F3O5SSi2/c1-41(25-23-28-43-27-21-22-37-49(43)59-61(56,57)52(53,54)55)38-39-48(60-63(51(6,7)8,46-33-17-11-18-34-46)47-35-19-12-20-36-47)42(2)26-24-40-58-62(50(3,4)5,44-29-13-9-14-30-44)45-31-15-10-16-32-45/h9-20,22,25,29-37,42,48H,21,23-24,26-28,38-40H2,1-8H3/b41-25-. The summed E-state index contributed by atoms with van der Waals surface area (Å²) in [5.74, 6) is -0.0483. The fourth-order valence-corrected chi connectivity index (χ4v) is 19.0. The van der Waals surface area contributed by atoms with E-state index in [1.54, 1.807) is 6.08 Å². The topological polar surface area (TPSA) is 61.8 Å². The molecule has 0 N–H and O–H groups in total. The molecule has 0 heterocycles. The summed E-state index contributed by atoms with van der Waals surface area (Å²) < 4.78 is 82.9. The van der Waals surface area contributed by atoms with Gasteiger partial charge in [-0.05, 0) is 107 Å². The van der Waals surface area contributed by atoms with Crippen molar-refractivity contribution >= 4 is 47.5 Å². The van der Waals surface area contributed by atoms with E-state index >= 15 is 0 Å². The van der Waals surface area contributed by atoms with E-state index in [0.717, 1.165) is 31.3 Å². The molecule has 4 aromatic rings. The van der Waals surface area contributed by atoms with E-state index in [1.807, 2.05) is 0 Å². The molecule has 5 nitrogen and oxygen atoms in total. The van der Waals surface area contributed by atoms with Crippen LogP contribution in [0.4, 0.5) is 13.2 Å². The monoisotopic (exact) mass is 916 g/mol. The van der Waals surface area contributed by atoms with Crippen LogP contribution in [-0.2, 0) is 23.2 Å². The lowest BCUT2D eigenvalue weighted by atomic mass is 9.93. The molecule has 4 aromatic carbocycles. The SMILES string of the molecule is C/C(=C/CCC1=C(OS(=O)(=O)C(F)(F)F)C=CCC1)CCC(O[Si](c1ccccc1)(c1ccccc1)C(C)(C)C)C(C)CCCO[Si](c1ccccc1)(c1ccccc1)C(C)(C)C. The van der Waals surface area contributed by atoms with Crippen molar-refractivity contribution in [1.29, 1.82) is 0 Å². The Morgan fingerprint density at radius 2 is 1.17 bits per heavy atom. The largest absolute Gasteiger partial charge is 0.534 e. The van der Waals surface area contributed by atoms with Crippen molar-refractivity contribution in [3.8, 4) is 0 Å².